The molecule has 1 aliphatic rings. The van der Waals surface area contributed by atoms with Gasteiger partial charge in [-0.3, -0.25) is 0 Å². The van der Waals surface area contributed by atoms with Crippen molar-refractivity contribution in [2.24, 2.45) is 0 Å². The third kappa shape index (κ3) is 1.95. The highest BCUT2D eigenvalue weighted by Gasteiger charge is 2.52. The zero-order valence-corrected chi connectivity index (χ0v) is 12.2. The van der Waals surface area contributed by atoms with Crippen LogP contribution in [0.15, 0.2) is 17.6 Å². The van der Waals surface area contributed by atoms with Gasteiger partial charge >= 0.3 is 7.12 Å². The minimum absolute atomic E-state index is 0.0369. The Labute approximate surface area is 116 Å². The molecule has 0 aromatic carbocycles. The zero-order valence-electron chi connectivity index (χ0n) is 11.4. The van der Waals surface area contributed by atoms with Crippen molar-refractivity contribution >= 4 is 34.0 Å². The summed E-state index contributed by atoms with van der Waals surface area (Å²) in [6.45, 7) is 8.13. The molecule has 100 valence electrons. The standard InChI is InChI=1S/C13H16BNO3S/c1-12(2)13(3,4)18-14(17-12)9-7-19-10-5-11(16)15-6-8(9)10/h5-7H,1-4H3,(H,15,16). The summed E-state index contributed by atoms with van der Waals surface area (Å²) in [4.78, 5) is 3.94. The van der Waals surface area contributed by atoms with Crippen LogP contribution in [0.4, 0.5) is 0 Å². The molecule has 0 atom stereocenters. The highest BCUT2D eigenvalue weighted by atomic mass is 32.1. The molecule has 0 aliphatic carbocycles. The molecule has 1 saturated heterocycles. The molecule has 1 fully saturated rings. The van der Waals surface area contributed by atoms with Crippen LogP contribution in [0.2, 0.25) is 0 Å². The molecule has 2 aromatic heterocycles. The number of nitrogens with zero attached hydrogens (tertiary/aromatic N) is 1. The van der Waals surface area contributed by atoms with Crippen molar-refractivity contribution in [2.45, 2.75) is 38.9 Å². The Morgan fingerprint density at radius 2 is 1.84 bits per heavy atom. The Morgan fingerprint density at radius 1 is 1.21 bits per heavy atom. The monoisotopic (exact) mass is 277 g/mol. The predicted octanol–water partition coefficient (Wildman–Crippen LogP) is 2.30. The van der Waals surface area contributed by atoms with E-state index in [0.717, 1.165) is 15.5 Å². The lowest BCUT2D eigenvalue weighted by molar-refractivity contribution is 0.00578. The summed E-state index contributed by atoms with van der Waals surface area (Å²) in [5.74, 6) is 0.0369. The molecular formula is C13H16BNO3S. The fraction of sp³-hybridized carbons (Fsp3) is 0.462. The molecule has 0 spiro atoms. The van der Waals surface area contributed by atoms with E-state index < -0.39 is 0 Å². The van der Waals surface area contributed by atoms with Crippen LogP contribution in [0.25, 0.3) is 10.1 Å². The fourth-order valence-electron chi connectivity index (χ4n) is 2.08. The maximum absolute atomic E-state index is 9.40. The van der Waals surface area contributed by atoms with E-state index in [1.807, 2.05) is 33.1 Å². The molecule has 3 heterocycles. The van der Waals surface area contributed by atoms with Crippen molar-refractivity contribution in [3.8, 4) is 5.88 Å². The summed E-state index contributed by atoms with van der Waals surface area (Å²) in [6, 6.07) is 1.66. The number of aromatic hydroxyl groups is 1. The molecule has 3 rings (SSSR count). The van der Waals surface area contributed by atoms with Crippen LogP contribution < -0.4 is 5.46 Å². The average molecular weight is 277 g/mol. The maximum atomic E-state index is 9.40. The van der Waals surface area contributed by atoms with Crippen molar-refractivity contribution in [1.82, 2.24) is 4.98 Å². The van der Waals surface area contributed by atoms with E-state index >= 15 is 0 Å². The molecule has 19 heavy (non-hydrogen) atoms. The predicted molar refractivity (Wildman–Crippen MR) is 77.0 cm³/mol. The second-order valence-electron chi connectivity index (χ2n) is 5.82. The van der Waals surface area contributed by atoms with Crippen molar-refractivity contribution in [3.05, 3.63) is 17.6 Å². The lowest BCUT2D eigenvalue weighted by Gasteiger charge is -2.32. The first-order valence-electron chi connectivity index (χ1n) is 6.22. The summed E-state index contributed by atoms with van der Waals surface area (Å²) in [6.07, 6.45) is 1.67. The lowest BCUT2D eigenvalue weighted by Crippen LogP contribution is -2.41. The van der Waals surface area contributed by atoms with Crippen molar-refractivity contribution < 1.29 is 14.4 Å². The Hall–Kier alpha value is -1.11. The summed E-state index contributed by atoms with van der Waals surface area (Å²) in [5.41, 5.74) is 0.276. The number of fused-ring (bicyclic) bond motifs is 1. The van der Waals surface area contributed by atoms with Gasteiger partial charge in [0, 0.05) is 27.8 Å². The number of aromatic nitrogens is 1. The van der Waals surface area contributed by atoms with E-state index in [1.165, 1.54) is 0 Å². The second-order valence-corrected chi connectivity index (χ2v) is 6.73. The summed E-state index contributed by atoms with van der Waals surface area (Å²) >= 11 is 1.56. The van der Waals surface area contributed by atoms with Gasteiger partial charge in [0.15, 0.2) is 0 Å². The third-order valence-electron chi connectivity index (χ3n) is 3.98. The van der Waals surface area contributed by atoms with Gasteiger partial charge < -0.3 is 14.4 Å². The largest absolute Gasteiger partial charge is 0.496 e. The van der Waals surface area contributed by atoms with Gasteiger partial charge in [0.1, 0.15) is 0 Å². The smallest absolute Gasteiger partial charge is 0.493 e. The van der Waals surface area contributed by atoms with Crippen LogP contribution in [0, 0.1) is 0 Å². The number of hydrogen-bond acceptors (Lipinski definition) is 5. The first kappa shape index (κ1) is 12.9. The maximum Gasteiger partial charge on any atom is 0.496 e. The quantitative estimate of drug-likeness (QED) is 0.813. The van der Waals surface area contributed by atoms with Gasteiger partial charge in [0.2, 0.25) is 5.88 Å². The normalized spacial score (nSPS) is 21.2. The molecule has 0 amide bonds. The SMILES string of the molecule is CC1(C)OB(c2csc3cc(O)ncc23)OC1(C)C. The number of hydrogen-bond donors (Lipinski definition) is 1. The molecule has 0 saturated carbocycles. The van der Waals surface area contributed by atoms with E-state index in [0.29, 0.717) is 0 Å². The Balaban J connectivity index is 2.03. The first-order valence-corrected chi connectivity index (χ1v) is 7.10. The van der Waals surface area contributed by atoms with Gasteiger partial charge in [-0.1, -0.05) is 0 Å². The number of rotatable bonds is 1. The van der Waals surface area contributed by atoms with E-state index in [4.69, 9.17) is 9.31 Å². The molecule has 6 heteroatoms. The van der Waals surface area contributed by atoms with Gasteiger partial charge in [0.25, 0.3) is 0 Å². The number of pyridine rings is 1. The lowest BCUT2D eigenvalue weighted by atomic mass is 9.79. The van der Waals surface area contributed by atoms with Crippen LogP contribution in [0.3, 0.4) is 0 Å². The Kier molecular flexibility index (Phi) is 2.68. The van der Waals surface area contributed by atoms with E-state index in [2.05, 4.69) is 4.98 Å². The number of thiophene rings is 1. The molecule has 2 aromatic rings. The van der Waals surface area contributed by atoms with E-state index in [9.17, 15) is 5.11 Å². The van der Waals surface area contributed by atoms with E-state index in [-0.39, 0.29) is 24.2 Å². The van der Waals surface area contributed by atoms with Gasteiger partial charge in [-0.15, -0.1) is 11.3 Å². The third-order valence-corrected chi connectivity index (χ3v) is 4.95. The Bertz CT molecular complexity index is 622. The topological polar surface area (TPSA) is 51.6 Å². The van der Waals surface area contributed by atoms with Crippen LogP contribution in [0.1, 0.15) is 27.7 Å². The van der Waals surface area contributed by atoms with Gasteiger partial charge in [-0.25, -0.2) is 4.98 Å². The molecule has 4 nitrogen and oxygen atoms in total. The molecule has 0 bridgehead atoms. The van der Waals surface area contributed by atoms with Crippen molar-refractivity contribution in [3.63, 3.8) is 0 Å². The second kappa shape index (κ2) is 3.94. The zero-order chi connectivity index (χ0) is 13.8. The molecule has 0 unspecified atom stereocenters. The minimum Gasteiger partial charge on any atom is -0.493 e. The van der Waals surface area contributed by atoms with Gasteiger partial charge in [-0.05, 0) is 33.1 Å². The molecule has 1 aliphatic heterocycles. The Morgan fingerprint density at radius 3 is 2.47 bits per heavy atom. The van der Waals surface area contributed by atoms with Gasteiger partial charge in [0.05, 0.1) is 11.2 Å². The van der Waals surface area contributed by atoms with E-state index in [1.54, 1.807) is 23.6 Å². The van der Waals surface area contributed by atoms with Gasteiger partial charge in [-0.2, -0.15) is 0 Å². The highest BCUT2D eigenvalue weighted by Crippen LogP contribution is 2.37. The van der Waals surface area contributed by atoms with Crippen LogP contribution in [-0.4, -0.2) is 28.4 Å². The summed E-state index contributed by atoms with van der Waals surface area (Å²) in [5, 5.41) is 12.4. The fourth-order valence-corrected chi connectivity index (χ4v) is 3.05. The first-order chi connectivity index (χ1) is 8.80. The van der Waals surface area contributed by atoms with Crippen LogP contribution in [0.5, 0.6) is 5.88 Å². The molecular weight excluding hydrogens is 261 g/mol. The molecule has 1 N–H and O–H groups in total. The van der Waals surface area contributed by atoms with Crippen molar-refractivity contribution in [1.29, 1.82) is 0 Å². The highest BCUT2D eigenvalue weighted by molar-refractivity contribution is 7.18. The molecule has 0 radical (unpaired) electrons. The summed E-state index contributed by atoms with van der Waals surface area (Å²) in [7, 11) is -0.384. The average Bonchev–Trinajstić information content (AvgIpc) is 2.77. The van der Waals surface area contributed by atoms with Crippen molar-refractivity contribution in [2.75, 3.05) is 0 Å². The summed E-state index contributed by atoms with van der Waals surface area (Å²) < 4.78 is 13.1. The van der Waals surface area contributed by atoms with Crippen LogP contribution >= 0.6 is 11.3 Å². The van der Waals surface area contributed by atoms with Crippen LogP contribution in [-0.2, 0) is 9.31 Å². The minimum atomic E-state index is -0.384.